The summed E-state index contributed by atoms with van der Waals surface area (Å²) in [6.07, 6.45) is 0.937. The fourth-order valence-corrected chi connectivity index (χ4v) is 2.88. The molecule has 7 nitrogen and oxygen atoms in total. The van der Waals surface area contributed by atoms with Gasteiger partial charge >= 0.3 is 12.0 Å². The van der Waals surface area contributed by atoms with Crippen molar-refractivity contribution in [3.05, 3.63) is 15.6 Å². The van der Waals surface area contributed by atoms with Gasteiger partial charge in [0, 0.05) is 19.6 Å². The van der Waals surface area contributed by atoms with Crippen LogP contribution in [0.1, 0.15) is 26.8 Å². The highest BCUT2D eigenvalue weighted by Gasteiger charge is 2.17. The van der Waals surface area contributed by atoms with Crippen LogP contribution in [0, 0.1) is 6.92 Å². The van der Waals surface area contributed by atoms with Crippen LogP contribution in [-0.2, 0) is 6.54 Å². The van der Waals surface area contributed by atoms with E-state index >= 15 is 0 Å². The second-order valence-corrected chi connectivity index (χ2v) is 5.66. The number of amides is 2. The fraction of sp³-hybridized carbons (Fsp3) is 0.583. The van der Waals surface area contributed by atoms with Crippen molar-refractivity contribution in [2.45, 2.75) is 19.9 Å². The number of hydrogen-bond acceptors (Lipinski definition) is 5. The van der Waals surface area contributed by atoms with Crippen LogP contribution in [0.2, 0.25) is 0 Å². The average Bonchev–Trinajstić information content (AvgIpc) is 2.64. The number of carboxylic acids is 1. The molecule has 1 aromatic heterocycles. The molecule has 1 aromatic rings. The second-order valence-electron chi connectivity index (χ2n) is 4.58. The van der Waals surface area contributed by atoms with E-state index in [0.717, 1.165) is 37.4 Å². The van der Waals surface area contributed by atoms with Gasteiger partial charge in [-0.1, -0.05) is 0 Å². The van der Waals surface area contributed by atoms with E-state index in [1.54, 1.807) is 11.8 Å². The van der Waals surface area contributed by atoms with E-state index < -0.39 is 5.97 Å². The number of aromatic nitrogens is 1. The molecule has 20 heavy (non-hydrogen) atoms. The van der Waals surface area contributed by atoms with Crippen molar-refractivity contribution in [1.29, 1.82) is 0 Å². The molecule has 1 aliphatic rings. The lowest BCUT2D eigenvalue weighted by Gasteiger charge is -2.19. The normalized spacial score (nSPS) is 15.8. The van der Waals surface area contributed by atoms with Crippen molar-refractivity contribution >= 4 is 23.3 Å². The lowest BCUT2D eigenvalue weighted by molar-refractivity contribution is 0.0701. The monoisotopic (exact) mass is 298 g/mol. The van der Waals surface area contributed by atoms with Crippen LogP contribution in [0.3, 0.4) is 0 Å². The number of nitrogens with zero attached hydrogens (tertiary/aromatic N) is 2. The number of hydrogen-bond donors (Lipinski definition) is 3. The first-order valence-electron chi connectivity index (χ1n) is 6.51. The van der Waals surface area contributed by atoms with Crippen LogP contribution in [0.5, 0.6) is 0 Å². The minimum atomic E-state index is -0.976. The van der Waals surface area contributed by atoms with Crippen LogP contribution in [0.4, 0.5) is 4.79 Å². The molecular weight excluding hydrogens is 280 g/mol. The van der Waals surface area contributed by atoms with Crippen molar-refractivity contribution in [3.8, 4) is 0 Å². The minimum absolute atomic E-state index is 0.126. The number of carbonyl (C=O) groups excluding carboxylic acids is 1. The Morgan fingerprint density at radius 1 is 1.45 bits per heavy atom. The van der Waals surface area contributed by atoms with Crippen molar-refractivity contribution in [3.63, 3.8) is 0 Å². The Kier molecular flexibility index (Phi) is 4.91. The SMILES string of the molecule is Cc1nc(CNC(=O)N2CCCNCC2)sc1C(=O)O. The third kappa shape index (κ3) is 3.67. The predicted molar refractivity (Wildman–Crippen MR) is 75.1 cm³/mol. The summed E-state index contributed by atoms with van der Waals surface area (Å²) in [4.78, 5) is 29.1. The first kappa shape index (κ1) is 14.7. The van der Waals surface area contributed by atoms with Crippen molar-refractivity contribution in [1.82, 2.24) is 20.5 Å². The first-order valence-corrected chi connectivity index (χ1v) is 7.32. The zero-order chi connectivity index (χ0) is 14.5. The Labute approximate surface area is 121 Å². The quantitative estimate of drug-likeness (QED) is 0.762. The van der Waals surface area contributed by atoms with E-state index in [0.29, 0.717) is 17.2 Å². The zero-order valence-corrected chi connectivity index (χ0v) is 12.1. The highest BCUT2D eigenvalue weighted by Crippen LogP contribution is 2.17. The van der Waals surface area contributed by atoms with Crippen LogP contribution >= 0.6 is 11.3 Å². The molecule has 1 fully saturated rings. The third-order valence-corrected chi connectivity index (χ3v) is 4.20. The summed E-state index contributed by atoms with van der Waals surface area (Å²) >= 11 is 1.10. The molecule has 0 bridgehead atoms. The fourth-order valence-electron chi connectivity index (χ4n) is 2.04. The Morgan fingerprint density at radius 3 is 2.95 bits per heavy atom. The van der Waals surface area contributed by atoms with Gasteiger partial charge in [-0.15, -0.1) is 11.3 Å². The minimum Gasteiger partial charge on any atom is -0.477 e. The van der Waals surface area contributed by atoms with Gasteiger partial charge in [-0.05, 0) is 19.9 Å². The average molecular weight is 298 g/mol. The summed E-state index contributed by atoms with van der Waals surface area (Å²) in [5.74, 6) is -0.976. The third-order valence-electron chi connectivity index (χ3n) is 3.05. The molecule has 0 aromatic carbocycles. The summed E-state index contributed by atoms with van der Waals surface area (Å²) < 4.78 is 0. The molecule has 1 saturated heterocycles. The molecule has 1 aliphatic heterocycles. The summed E-state index contributed by atoms with van der Waals surface area (Å²) in [6, 6.07) is -0.126. The number of aromatic carboxylic acids is 1. The molecule has 2 rings (SSSR count). The van der Waals surface area contributed by atoms with E-state index in [-0.39, 0.29) is 17.5 Å². The molecule has 0 aliphatic carbocycles. The maximum absolute atomic E-state index is 12.0. The highest BCUT2D eigenvalue weighted by atomic mass is 32.1. The number of rotatable bonds is 3. The van der Waals surface area contributed by atoms with Crippen LogP contribution in [-0.4, -0.2) is 53.2 Å². The van der Waals surface area contributed by atoms with Gasteiger partial charge in [-0.2, -0.15) is 0 Å². The first-order chi connectivity index (χ1) is 9.58. The van der Waals surface area contributed by atoms with Crippen LogP contribution in [0.15, 0.2) is 0 Å². The summed E-state index contributed by atoms with van der Waals surface area (Å²) in [5, 5.41) is 15.6. The summed E-state index contributed by atoms with van der Waals surface area (Å²) in [5.41, 5.74) is 0.491. The lowest BCUT2D eigenvalue weighted by Crippen LogP contribution is -2.41. The molecular formula is C12H18N4O3S. The van der Waals surface area contributed by atoms with Gasteiger partial charge in [-0.25, -0.2) is 14.6 Å². The smallest absolute Gasteiger partial charge is 0.347 e. The van der Waals surface area contributed by atoms with E-state index in [1.807, 2.05) is 0 Å². The van der Waals surface area contributed by atoms with Crippen molar-refractivity contribution < 1.29 is 14.7 Å². The molecule has 3 N–H and O–H groups in total. The van der Waals surface area contributed by atoms with Crippen molar-refractivity contribution in [2.75, 3.05) is 26.2 Å². The van der Waals surface area contributed by atoms with Gasteiger partial charge in [0.1, 0.15) is 9.88 Å². The Balaban J connectivity index is 1.89. The Hall–Kier alpha value is -1.67. The molecule has 0 radical (unpaired) electrons. The molecule has 0 atom stereocenters. The van der Waals surface area contributed by atoms with Gasteiger partial charge in [-0.3, -0.25) is 0 Å². The zero-order valence-electron chi connectivity index (χ0n) is 11.3. The molecule has 0 spiro atoms. The number of carbonyl (C=O) groups is 2. The second kappa shape index (κ2) is 6.67. The number of thiazole rings is 1. The largest absolute Gasteiger partial charge is 0.477 e. The van der Waals surface area contributed by atoms with E-state index in [2.05, 4.69) is 15.6 Å². The van der Waals surface area contributed by atoms with Gasteiger partial charge in [0.05, 0.1) is 12.2 Å². The molecule has 2 amide bonds. The number of carboxylic acid groups (broad SMARTS) is 1. The van der Waals surface area contributed by atoms with Crippen LogP contribution < -0.4 is 10.6 Å². The van der Waals surface area contributed by atoms with E-state index in [4.69, 9.17) is 5.11 Å². The Morgan fingerprint density at radius 2 is 2.25 bits per heavy atom. The maximum Gasteiger partial charge on any atom is 0.347 e. The standard InChI is InChI=1S/C12H18N4O3S/c1-8-10(11(17)18)20-9(15-8)7-14-12(19)16-5-2-3-13-4-6-16/h13H,2-7H2,1H3,(H,14,19)(H,17,18). The van der Waals surface area contributed by atoms with Gasteiger partial charge < -0.3 is 20.6 Å². The molecule has 110 valence electrons. The summed E-state index contributed by atoms with van der Waals surface area (Å²) in [7, 11) is 0. The van der Waals surface area contributed by atoms with Gasteiger partial charge in [0.15, 0.2) is 0 Å². The van der Waals surface area contributed by atoms with Crippen LogP contribution in [0.25, 0.3) is 0 Å². The Bertz CT molecular complexity index is 495. The van der Waals surface area contributed by atoms with Gasteiger partial charge in [0.25, 0.3) is 0 Å². The predicted octanol–water partition coefficient (Wildman–Crippen LogP) is 0.655. The highest BCUT2D eigenvalue weighted by molar-refractivity contribution is 7.13. The van der Waals surface area contributed by atoms with E-state index in [1.165, 1.54) is 0 Å². The summed E-state index contributed by atoms with van der Waals surface area (Å²) in [6.45, 7) is 5.07. The number of nitrogens with one attached hydrogen (secondary N) is 2. The molecule has 0 unspecified atom stereocenters. The molecule has 2 heterocycles. The lowest BCUT2D eigenvalue weighted by atomic mass is 10.4. The van der Waals surface area contributed by atoms with Gasteiger partial charge in [0.2, 0.25) is 0 Å². The van der Waals surface area contributed by atoms with Crippen molar-refractivity contribution in [2.24, 2.45) is 0 Å². The maximum atomic E-state index is 12.0. The number of aryl methyl sites for hydroxylation is 1. The topological polar surface area (TPSA) is 94.6 Å². The molecule has 8 heteroatoms. The molecule has 0 saturated carbocycles. The number of urea groups is 1. The van der Waals surface area contributed by atoms with E-state index in [9.17, 15) is 9.59 Å².